The van der Waals surface area contributed by atoms with Gasteiger partial charge in [0, 0.05) is 17.9 Å². The van der Waals surface area contributed by atoms with Crippen molar-refractivity contribution in [1.82, 2.24) is 9.97 Å². The van der Waals surface area contributed by atoms with Crippen LogP contribution in [0.1, 0.15) is 40.5 Å². The fraction of sp³-hybridized carbons (Fsp3) is 0.261. The second kappa shape index (κ2) is 7.80. The second-order valence-corrected chi connectivity index (χ2v) is 7.06. The predicted octanol–water partition coefficient (Wildman–Crippen LogP) is 4.68. The van der Waals surface area contributed by atoms with Crippen LogP contribution in [0.2, 0.25) is 0 Å². The molecule has 1 amide bonds. The number of para-hydroxylation sites is 2. The molecule has 5 heteroatoms. The average Bonchev–Trinajstić information content (AvgIpc) is 2.75. The van der Waals surface area contributed by atoms with E-state index in [-0.39, 0.29) is 5.91 Å². The van der Waals surface area contributed by atoms with E-state index in [1.54, 1.807) is 12.4 Å². The lowest BCUT2D eigenvalue weighted by atomic mass is 10.0. The smallest absolute Gasteiger partial charge is 0.278 e. The van der Waals surface area contributed by atoms with Crippen molar-refractivity contribution in [2.75, 3.05) is 16.8 Å². The van der Waals surface area contributed by atoms with Crippen molar-refractivity contribution in [1.29, 1.82) is 0 Å². The number of hydrogen-bond donors (Lipinski definition) is 1. The van der Waals surface area contributed by atoms with E-state index < -0.39 is 0 Å². The Morgan fingerprint density at radius 2 is 1.96 bits per heavy atom. The number of fused-ring (bicyclic) bond motifs is 1. The lowest BCUT2D eigenvalue weighted by Gasteiger charge is -2.29. The van der Waals surface area contributed by atoms with Crippen LogP contribution >= 0.6 is 0 Å². The highest BCUT2D eigenvalue weighted by molar-refractivity contribution is 6.05. The molecule has 0 saturated carbocycles. The van der Waals surface area contributed by atoms with E-state index in [9.17, 15) is 4.79 Å². The van der Waals surface area contributed by atoms with Crippen molar-refractivity contribution in [2.45, 2.75) is 33.1 Å². The van der Waals surface area contributed by atoms with Crippen molar-refractivity contribution in [3.05, 3.63) is 77.2 Å². The topological polar surface area (TPSA) is 58.1 Å². The highest BCUT2D eigenvalue weighted by Crippen LogP contribution is 2.28. The van der Waals surface area contributed by atoms with Crippen molar-refractivity contribution in [2.24, 2.45) is 0 Å². The summed E-state index contributed by atoms with van der Waals surface area (Å²) in [6.45, 7) is 4.91. The van der Waals surface area contributed by atoms with E-state index in [2.05, 4.69) is 53.4 Å². The number of amides is 1. The van der Waals surface area contributed by atoms with Crippen molar-refractivity contribution in [3.8, 4) is 0 Å². The summed E-state index contributed by atoms with van der Waals surface area (Å²) in [6, 6.07) is 14.3. The Balaban J connectivity index is 1.55. The minimum atomic E-state index is -0.101. The Labute approximate surface area is 165 Å². The molecule has 1 aliphatic rings. The number of aryl methyl sites for hydroxylation is 3. The number of hydrogen-bond acceptors (Lipinski definition) is 4. The van der Waals surface area contributed by atoms with Gasteiger partial charge < -0.3 is 10.2 Å². The number of nitrogens with one attached hydrogen (secondary N) is 1. The van der Waals surface area contributed by atoms with Crippen LogP contribution in [0, 0.1) is 6.92 Å². The molecule has 1 aromatic heterocycles. The molecule has 0 aliphatic carbocycles. The van der Waals surface area contributed by atoms with Crippen LogP contribution in [0.25, 0.3) is 0 Å². The van der Waals surface area contributed by atoms with E-state index in [1.807, 2.05) is 23.1 Å². The fourth-order valence-corrected chi connectivity index (χ4v) is 3.72. The van der Waals surface area contributed by atoms with Crippen LogP contribution in [0.4, 0.5) is 17.2 Å². The van der Waals surface area contributed by atoms with Gasteiger partial charge in [-0.3, -0.25) is 4.79 Å². The van der Waals surface area contributed by atoms with Crippen LogP contribution in [-0.4, -0.2) is 22.4 Å². The van der Waals surface area contributed by atoms with Gasteiger partial charge in [-0.1, -0.05) is 43.3 Å². The summed E-state index contributed by atoms with van der Waals surface area (Å²) >= 11 is 0. The maximum Gasteiger partial charge on any atom is 0.278 e. The number of benzene rings is 2. The summed E-state index contributed by atoms with van der Waals surface area (Å²) in [5.41, 5.74) is 6.00. The maximum atomic E-state index is 13.0. The van der Waals surface area contributed by atoms with Gasteiger partial charge in [0.15, 0.2) is 0 Å². The number of nitrogens with zero attached hydrogens (tertiary/aromatic N) is 3. The molecule has 2 heterocycles. The molecule has 0 fully saturated rings. The van der Waals surface area contributed by atoms with Gasteiger partial charge in [-0.25, -0.2) is 9.97 Å². The fourth-order valence-electron chi connectivity index (χ4n) is 3.72. The Morgan fingerprint density at radius 3 is 2.75 bits per heavy atom. The highest BCUT2D eigenvalue weighted by Gasteiger charge is 2.24. The molecule has 0 atom stereocenters. The number of anilines is 3. The summed E-state index contributed by atoms with van der Waals surface area (Å²) < 4.78 is 0. The normalized spacial score (nSPS) is 13.1. The van der Waals surface area contributed by atoms with Gasteiger partial charge in [-0.2, -0.15) is 0 Å². The number of carbonyl (C=O) groups excluding carboxylic acids is 1. The van der Waals surface area contributed by atoms with Crippen LogP contribution in [0.3, 0.4) is 0 Å². The zero-order chi connectivity index (χ0) is 19.5. The molecular weight excluding hydrogens is 348 g/mol. The molecule has 0 saturated heterocycles. The first-order valence-corrected chi connectivity index (χ1v) is 9.74. The Morgan fingerprint density at radius 1 is 1.11 bits per heavy atom. The van der Waals surface area contributed by atoms with Crippen molar-refractivity contribution < 1.29 is 4.79 Å². The van der Waals surface area contributed by atoms with Gasteiger partial charge in [0.25, 0.3) is 5.91 Å². The number of rotatable bonds is 4. The first-order chi connectivity index (χ1) is 13.7. The largest absolute Gasteiger partial charge is 0.339 e. The molecular formula is C23H24N4O. The molecule has 3 aromatic rings. The molecule has 28 heavy (non-hydrogen) atoms. The third kappa shape index (κ3) is 3.48. The summed E-state index contributed by atoms with van der Waals surface area (Å²) in [6.07, 6.45) is 6.09. The van der Waals surface area contributed by atoms with Crippen molar-refractivity contribution in [3.63, 3.8) is 0 Å². The molecule has 4 rings (SSSR count). The SMILES string of the molecule is CCc1cccc(C)c1Nc1cnc(C(=O)N2CCCc3ccccc32)cn1. The Kier molecular flexibility index (Phi) is 5.06. The summed E-state index contributed by atoms with van der Waals surface area (Å²) in [4.78, 5) is 23.6. The van der Waals surface area contributed by atoms with Gasteiger partial charge in [-0.15, -0.1) is 0 Å². The third-order valence-corrected chi connectivity index (χ3v) is 5.22. The van der Waals surface area contributed by atoms with Crippen molar-refractivity contribution >= 4 is 23.1 Å². The van der Waals surface area contributed by atoms with Gasteiger partial charge >= 0.3 is 0 Å². The van der Waals surface area contributed by atoms with Gasteiger partial charge in [-0.05, 0) is 48.9 Å². The highest BCUT2D eigenvalue weighted by atomic mass is 16.2. The monoisotopic (exact) mass is 372 g/mol. The molecule has 1 aliphatic heterocycles. The molecule has 1 N–H and O–H groups in total. The zero-order valence-electron chi connectivity index (χ0n) is 16.3. The molecule has 0 radical (unpaired) electrons. The molecule has 0 spiro atoms. The molecule has 142 valence electrons. The van der Waals surface area contributed by atoms with Gasteiger partial charge in [0.05, 0.1) is 12.4 Å². The quantitative estimate of drug-likeness (QED) is 0.722. The van der Waals surface area contributed by atoms with Crippen LogP contribution in [0.5, 0.6) is 0 Å². The van der Waals surface area contributed by atoms with Crippen LogP contribution in [-0.2, 0) is 12.8 Å². The zero-order valence-corrected chi connectivity index (χ0v) is 16.3. The minimum Gasteiger partial charge on any atom is -0.339 e. The summed E-state index contributed by atoms with van der Waals surface area (Å²) in [5, 5.41) is 3.35. The van der Waals surface area contributed by atoms with Gasteiger partial charge in [0.2, 0.25) is 0 Å². The molecule has 5 nitrogen and oxygen atoms in total. The van der Waals surface area contributed by atoms with Gasteiger partial charge in [0.1, 0.15) is 11.5 Å². The van der Waals surface area contributed by atoms with E-state index in [0.717, 1.165) is 36.2 Å². The van der Waals surface area contributed by atoms with Crippen LogP contribution < -0.4 is 10.2 Å². The second-order valence-electron chi connectivity index (χ2n) is 7.06. The number of aromatic nitrogens is 2. The first-order valence-electron chi connectivity index (χ1n) is 9.74. The summed E-state index contributed by atoms with van der Waals surface area (Å²) in [7, 11) is 0. The van der Waals surface area contributed by atoms with E-state index in [1.165, 1.54) is 11.1 Å². The molecule has 0 bridgehead atoms. The minimum absolute atomic E-state index is 0.101. The maximum absolute atomic E-state index is 13.0. The molecule has 0 unspecified atom stereocenters. The lowest BCUT2D eigenvalue weighted by Crippen LogP contribution is -2.36. The van der Waals surface area contributed by atoms with E-state index in [4.69, 9.17) is 0 Å². The van der Waals surface area contributed by atoms with Crippen LogP contribution in [0.15, 0.2) is 54.9 Å². The van der Waals surface area contributed by atoms with E-state index >= 15 is 0 Å². The molecule has 2 aromatic carbocycles. The standard InChI is InChI=1S/C23H24N4O/c1-3-17-10-6-8-16(2)22(17)26-21-15-24-19(14-25-21)23(28)27-13-7-11-18-9-4-5-12-20(18)27/h4-6,8-10,12,14-15H,3,7,11,13H2,1-2H3,(H,25,26). The summed E-state index contributed by atoms with van der Waals surface area (Å²) in [5.74, 6) is 0.538. The van der Waals surface area contributed by atoms with E-state index in [0.29, 0.717) is 18.1 Å². The lowest BCUT2D eigenvalue weighted by molar-refractivity contribution is 0.0980. The predicted molar refractivity (Wildman–Crippen MR) is 112 cm³/mol. The Hall–Kier alpha value is -3.21. The number of carbonyl (C=O) groups is 1. The average molecular weight is 372 g/mol. The Bertz CT molecular complexity index is 998. The third-order valence-electron chi connectivity index (χ3n) is 5.22. The first kappa shape index (κ1) is 18.2.